The molecular formula is C9H10F3N. The first-order valence-corrected chi connectivity index (χ1v) is 3.84. The highest BCUT2D eigenvalue weighted by Crippen LogP contribution is 2.30. The van der Waals surface area contributed by atoms with Gasteiger partial charge in [0.05, 0.1) is 5.56 Å². The van der Waals surface area contributed by atoms with Gasteiger partial charge in [0.25, 0.3) is 0 Å². The molecule has 1 nitrogen and oxygen atoms in total. The Bertz CT molecular complexity index is 291. The van der Waals surface area contributed by atoms with Gasteiger partial charge >= 0.3 is 6.18 Å². The van der Waals surface area contributed by atoms with Crippen molar-refractivity contribution in [1.82, 2.24) is 0 Å². The quantitative estimate of drug-likeness (QED) is 0.722. The highest BCUT2D eigenvalue weighted by atomic mass is 19.4. The lowest BCUT2D eigenvalue weighted by molar-refractivity contribution is -0.137. The van der Waals surface area contributed by atoms with Gasteiger partial charge in [0.15, 0.2) is 0 Å². The van der Waals surface area contributed by atoms with Gasteiger partial charge in [0.1, 0.15) is 0 Å². The molecule has 0 aliphatic heterocycles. The summed E-state index contributed by atoms with van der Waals surface area (Å²) >= 11 is 0. The Kier molecular flexibility index (Phi) is 2.61. The predicted octanol–water partition coefficient (Wildman–Crippen LogP) is 2.73. The summed E-state index contributed by atoms with van der Waals surface area (Å²) < 4.78 is 36.6. The Labute approximate surface area is 74.4 Å². The summed E-state index contributed by atoms with van der Waals surface area (Å²) in [5.41, 5.74) is 5.30. The third-order valence-electron chi connectivity index (χ3n) is 1.74. The molecule has 13 heavy (non-hydrogen) atoms. The van der Waals surface area contributed by atoms with Crippen LogP contribution in [0.2, 0.25) is 0 Å². The van der Waals surface area contributed by atoms with Crippen LogP contribution in [0.1, 0.15) is 24.1 Å². The smallest absolute Gasteiger partial charge is 0.324 e. The van der Waals surface area contributed by atoms with E-state index in [1.807, 2.05) is 0 Å². The van der Waals surface area contributed by atoms with Crippen molar-refractivity contribution in [2.24, 2.45) is 5.73 Å². The molecule has 1 rings (SSSR count). The lowest BCUT2D eigenvalue weighted by Crippen LogP contribution is -2.09. The number of rotatable bonds is 1. The van der Waals surface area contributed by atoms with Crippen LogP contribution >= 0.6 is 0 Å². The lowest BCUT2D eigenvalue weighted by atomic mass is 10.1. The van der Waals surface area contributed by atoms with Crippen LogP contribution in [-0.2, 0) is 6.18 Å². The Hall–Kier alpha value is -1.03. The standard InChI is InChI=1S/C9H10F3N/c1-6(13)7-3-2-4-8(5-7)9(10,11)12/h2-6H,13H2,1H3/t6-/m1/s1. The van der Waals surface area contributed by atoms with Crippen LogP contribution in [0.25, 0.3) is 0 Å². The van der Waals surface area contributed by atoms with Crippen LogP contribution in [0.5, 0.6) is 0 Å². The summed E-state index contributed by atoms with van der Waals surface area (Å²) in [6.45, 7) is 1.65. The first-order valence-electron chi connectivity index (χ1n) is 3.84. The van der Waals surface area contributed by atoms with E-state index in [9.17, 15) is 13.2 Å². The van der Waals surface area contributed by atoms with Gasteiger partial charge in [-0.15, -0.1) is 0 Å². The van der Waals surface area contributed by atoms with Crippen LogP contribution in [0.3, 0.4) is 0 Å². The third kappa shape index (κ3) is 2.45. The van der Waals surface area contributed by atoms with Crippen LogP contribution in [0.4, 0.5) is 13.2 Å². The molecule has 0 amide bonds. The van der Waals surface area contributed by atoms with Gasteiger partial charge in [0, 0.05) is 6.04 Å². The minimum Gasteiger partial charge on any atom is -0.324 e. The summed E-state index contributed by atoms with van der Waals surface area (Å²) in [7, 11) is 0. The highest BCUT2D eigenvalue weighted by molar-refractivity contribution is 5.27. The van der Waals surface area contributed by atoms with E-state index in [1.165, 1.54) is 6.07 Å². The van der Waals surface area contributed by atoms with Gasteiger partial charge in [-0.2, -0.15) is 13.2 Å². The second kappa shape index (κ2) is 3.38. The first-order chi connectivity index (χ1) is 5.91. The van der Waals surface area contributed by atoms with E-state index < -0.39 is 11.7 Å². The molecule has 0 bridgehead atoms. The first kappa shape index (κ1) is 10.1. The van der Waals surface area contributed by atoms with Gasteiger partial charge in [-0.05, 0) is 24.6 Å². The fraction of sp³-hybridized carbons (Fsp3) is 0.333. The van der Waals surface area contributed by atoms with Crippen molar-refractivity contribution in [3.8, 4) is 0 Å². The van der Waals surface area contributed by atoms with E-state index in [1.54, 1.807) is 13.0 Å². The average molecular weight is 189 g/mol. The molecule has 0 fully saturated rings. The number of nitrogens with two attached hydrogens (primary N) is 1. The van der Waals surface area contributed by atoms with Crippen molar-refractivity contribution < 1.29 is 13.2 Å². The second-order valence-corrected chi connectivity index (χ2v) is 2.91. The fourth-order valence-electron chi connectivity index (χ4n) is 0.998. The van der Waals surface area contributed by atoms with Gasteiger partial charge in [-0.1, -0.05) is 12.1 Å². The minimum absolute atomic E-state index is 0.373. The number of hydrogen-bond donors (Lipinski definition) is 1. The number of hydrogen-bond acceptors (Lipinski definition) is 1. The molecule has 0 aliphatic carbocycles. The summed E-state index contributed by atoms with van der Waals surface area (Å²) in [6.07, 6.45) is -4.29. The Balaban J connectivity index is 3.06. The van der Waals surface area contributed by atoms with E-state index >= 15 is 0 Å². The number of halogens is 3. The molecule has 1 aromatic rings. The maximum absolute atomic E-state index is 12.2. The number of alkyl halides is 3. The maximum Gasteiger partial charge on any atom is 0.416 e. The normalized spacial score (nSPS) is 14.2. The van der Waals surface area contributed by atoms with Crippen LogP contribution in [0.15, 0.2) is 24.3 Å². The fourth-order valence-corrected chi connectivity index (χ4v) is 0.998. The largest absolute Gasteiger partial charge is 0.416 e. The summed E-state index contributed by atoms with van der Waals surface area (Å²) in [4.78, 5) is 0. The third-order valence-corrected chi connectivity index (χ3v) is 1.74. The Morgan fingerprint density at radius 1 is 1.31 bits per heavy atom. The predicted molar refractivity (Wildman–Crippen MR) is 44.0 cm³/mol. The van der Waals surface area contributed by atoms with E-state index in [2.05, 4.69) is 0 Å². The van der Waals surface area contributed by atoms with Crippen molar-refractivity contribution in [3.63, 3.8) is 0 Å². The molecule has 2 N–H and O–H groups in total. The minimum atomic E-state index is -4.29. The van der Waals surface area contributed by atoms with E-state index in [0.717, 1.165) is 12.1 Å². The van der Waals surface area contributed by atoms with Crippen molar-refractivity contribution >= 4 is 0 Å². The molecule has 0 saturated heterocycles. The zero-order valence-electron chi connectivity index (χ0n) is 7.10. The molecule has 0 spiro atoms. The zero-order valence-corrected chi connectivity index (χ0v) is 7.10. The number of benzene rings is 1. The SMILES string of the molecule is C[C@@H](N)c1cccc(C(F)(F)F)c1. The molecule has 0 saturated carbocycles. The van der Waals surface area contributed by atoms with E-state index in [4.69, 9.17) is 5.73 Å². The molecule has 0 aromatic heterocycles. The second-order valence-electron chi connectivity index (χ2n) is 2.91. The molecule has 0 heterocycles. The Morgan fingerprint density at radius 2 is 1.92 bits per heavy atom. The summed E-state index contributed by atoms with van der Waals surface area (Å²) in [5.74, 6) is 0. The zero-order chi connectivity index (χ0) is 10.1. The molecule has 0 aliphatic rings. The van der Waals surface area contributed by atoms with E-state index in [-0.39, 0.29) is 6.04 Å². The Morgan fingerprint density at radius 3 is 2.38 bits per heavy atom. The summed E-state index contributed by atoms with van der Waals surface area (Å²) in [5, 5.41) is 0. The van der Waals surface area contributed by atoms with Crippen LogP contribution < -0.4 is 5.73 Å². The van der Waals surface area contributed by atoms with Crippen LogP contribution in [-0.4, -0.2) is 0 Å². The molecular weight excluding hydrogens is 179 g/mol. The van der Waals surface area contributed by atoms with Crippen molar-refractivity contribution in [1.29, 1.82) is 0 Å². The molecule has 0 radical (unpaired) electrons. The molecule has 1 atom stereocenters. The average Bonchev–Trinajstić information content (AvgIpc) is 2.03. The lowest BCUT2D eigenvalue weighted by Gasteiger charge is -2.10. The van der Waals surface area contributed by atoms with Crippen molar-refractivity contribution in [3.05, 3.63) is 35.4 Å². The maximum atomic E-state index is 12.2. The summed E-state index contributed by atoms with van der Waals surface area (Å²) in [6, 6.07) is 4.68. The van der Waals surface area contributed by atoms with Gasteiger partial charge in [0.2, 0.25) is 0 Å². The van der Waals surface area contributed by atoms with Gasteiger partial charge in [-0.3, -0.25) is 0 Å². The topological polar surface area (TPSA) is 26.0 Å². The molecule has 72 valence electrons. The highest BCUT2D eigenvalue weighted by Gasteiger charge is 2.30. The molecule has 1 aromatic carbocycles. The monoisotopic (exact) mass is 189 g/mol. The molecule has 4 heteroatoms. The van der Waals surface area contributed by atoms with Gasteiger partial charge in [-0.25, -0.2) is 0 Å². The van der Waals surface area contributed by atoms with Crippen molar-refractivity contribution in [2.75, 3.05) is 0 Å². The van der Waals surface area contributed by atoms with E-state index in [0.29, 0.717) is 5.56 Å². The van der Waals surface area contributed by atoms with Gasteiger partial charge < -0.3 is 5.73 Å². The van der Waals surface area contributed by atoms with Crippen molar-refractivity contribution in [2.45, 2.75) is 19.1 Å². The van der Waals surface area contributed by atoms with Crippen LogP contribution in [0, 0.1) is 0 Å². The molecule has 0 unspecified atom stereocenters.